The third-order valence-electron chi connectivity index (χ3n) is 5.31. The maximum Gasteiger partial charge on any atom is 0.191 e. The first-order valence-corrected chi connectivity index (χ1v) is 10.7. The fourth-order valence-corrected chi connectivity index (χ4v) is 3.48. The molecule has 2 aromatic rings. The number of halogens is 3. The Bertz CT molecular complexity index is 873. The van der Waals surface area contributed by atoms with Crippen LogP contribution in [-0.4, -0.2) is 59.6 Å². The lowest BCUT2D eigenvalue weighted by Crippen LogP contribution is -2.45. The Morgan fingerprint density at radius 1 is 1.28 bits per heavy atom. The Balaban J connectivity index is 0.00000363. The summed E-state index contributed by atoms with van der Waals surface area (Å²) in [6, 6.07) is 3.97. The second-order valence-electron chi connectivity index (χ2n) is 7.51. The molecule has 1 aromatic heterocycles. The number of nitrogens with one attached hydrogen (secondary N) is 2. The number of nitrogens with zero attached hydrogens (tertiary/aromatic N) is 5. The van der Waals surface area contributed by atoms with Gasteiger partial charge in [-0.2, -0.15) is 0 Å². The molecule has 1 aromatic carbocycles. The van der Waals surface area contributed by atoms with Crippen LogP contribution in [0.3, 0.4) is 0 Å². The van der Waals surface area contributed by atoms with E-state index in [9.17, 15) is 8.78 Å². The molecule has 0 amide bonds. The highest BCUT2D eigenvalue weighted by atomic mass is 127. The molecule has 178 valence electrons. The van der Waals surface area contributed by atoms with Crippen molar-refractivity contribution in [2.45, 2.75) is 39.3 Å². The van der Waals surface area contributed by atoms with Crippen molar-refractivity contribution in [1.29, 1.82) is 0 Å². The molecule has 2 heterocycles. The first-order chi connectivity index (χ1) is 15.0. The number of anilines is 1. The summed E-state index contributed by atoms with van der Waals surface area (Å²) in [5, 5.41) is 14.9. The molecule has 8 nitrogen and oxygen atoms in total. The minimum absolute atomic E-state index is 0. The third-order valence-corrected chi connectivity index (χ3v) is 5.31. The molecule has 0 bridgehead atoms. The van der Waals surface area contributed by atoms with Crippen LogP contribution in [0.1, 0.15) is 31.4 Å². The first-order valence-electron chi connectivity index (χ1n) is 10.7. The molecule has 1 saturated heterocycles. The third kappa shape index (κ3) is 6.99. The van der Waals surface area contributed by atoms with Gasteiger partial charge in [0.2, 0.25) is 0 Å². The Labute approximate surface area is 204 Å². The molecule has 1 unspecified atom stereocenters. The summed E-state index contributed by atoms with van der Waals surface area (Å²) in [6.07, 6.45) is 1.59. The van der Waals surface area contributed by atoms with Gasteiger partial charge in [-0.25, -0.2) is 13.8 Å². The van der Waals surface area contributed by atoms with Crippen LogP contribution in [0.4, 0.5) is 14.5 Å². The van der Waals surface area contributed by atoms with Crippen LogP contribution in [0.5, 0.6) is 0 Å². The van der Waals surface area contributed by atoms with E-state index in [0.717, 1.165) is 24.5 Å². The fourth-order valence-electron chi connectivity index (χ4n) is 3.48. The number of aryl methyl sites for hydroxylation is 1. The lowest BCUT2D eigenvalue weighted by atomic mass is 10.2. The number of para-hydroxylation sites is 1. The maximum atomic E-state index is 14.1. The number of ether oxygens (including phenoxy) is 1. The normalized spacial score (nSPS) is 16.2. The largest absolute Gasteiger partial charge is 0.382 e. The van der Waals surface area contributed by atoms with Crippen LogP contribution < -0.4 is 15.5 Å². The van der Waals surface area contributed by atoms with Gasteiger partial charge in [0.05, 0.1) is 0 Å². The lowest BCUT2D eigenvalue weighted by molar-refractivity contribution is 0.145. The van der Waals surface area contributed by atoms with E-state index in [1.165, 1.54) is 18.2 Å². The van der Waals surface area contributed by atoms with Crippen molar-refractivity contribution < 1.29 is 13.5 Å². The molecule has 0 spiro atoms. The number of hydrogen-bond acceptors (Lipinski definition) is 5. The van der Waals surface area contributed by atoms with Crippen molar-refractivity contribution in [2.75, 3.05) is 37.7 Å². The van der Waals surface area contributed by atoms with Crippen LogP contribution in [0.15, 0.2) is 23.2 Å². The molecule has 1 aliphatic heterocycles. The molecule has 32 heavy (non-hydrogen) atoms. The van der Waals surface area contributed by atoms with Crippen molar-refractivity contribution in [3.8, 4) is 0 Å². The van der Waals surface area contributed by atoms with Gasteiger partial charge in [0, 0.05) is 45.9 Å². The topological polar surface area (TPSA) is 79.6 Å². The lowest BCUT2D eigenvalue weighted by Gasteiger charge is -2.21. The van der Waals surface area contributed by atoms with Gasteiger partial charge in [0.1, 0.15) is 29.7 Å². The molecular weight excluding hydrogens is 531 g/mol. The SMILES string of the molecule is CCOCCCNC(=NCc1nnc(C)n1C)NC1CCN(c2c(F)cccc2F)C1.I. The predicted molar refractivity (Wildman–Crippen MR) is 132 cm³/mol. The van der Waals surface area contributed by atoms with Crippen LogP contribution >= 0.6 is 24.0 Å². The number of aromatic nitrogens is 3. The van der Waals surface area contributed by atoms with Gasteiger partial charge >= 0.3 is 0 Å². The number of guanidine groups is 1. The van der Waals surface area contributed by atoms with Gasteiger partial charge in [-0.05, 0) is 38.8 Å². The number of hydrogen-bond donors (Lipinski definition) is 2. The standard InChI is InChI=1S/C21H31F2N7O.HI/c1-4-31-12-6-10-24-21(25-13-19-28-27-15(2)29(19)3)26-16-9-11-30(14-16)20-17(22)7-5-8-18(20)23;/h5,7-8,16H,4,6,9-14H2,1-3H3,(H2,24,25,26);1H. The average Bonchev–Trinajstić information content (AvgIpc) is 3.32. The molecule has 11 heteroatoms. The van der Waals surface area contributed by atoms with E-state index < -0.39 is 11.6 Å². The summed E-state index contributed by atoms with van der Waals surface area (Å²) in [5.74, 6) is 1.14. The van der Waals surface area contributed by atoms with Gasteiger partial charge in [0.25, 0.3) is 0 Å². The van der Waals surface area contributed by atoms with Crippen LogP contribution in [0, 0.1) is 18.6 Å². The van der Waals surface area contributed by atoms with E-state index in [2.05, 4.69) is 25.8 Å². The van der Waals surface area contributed by atoms with E-state index in [1.54, 1.807) is 4.90 Å². The van der Waals surface area contributed by atoms with Gasteiger partial charge in [-0.15, -0.1) is 34.2 Å². The second kappa shape index (κ2) is 12.9. The van der Waals surface area contributed by atoms with Crippen molar-refractivity contribution in [3.63, 3.8) is 0 Å². The number of aliphatic imine (C=N–C) groups is 1. The Morgan fingerprint density at radius 2 is 2.03 bits per heavy atom. The zero-order valence-electron chi connectivity index (χ0n) is 18.8. The molecule has 0 saturated carbocycles. The first kappa shape index (κ1) is 26.2. The molecule has 0 aliphatic carbocycles. The summed E-state index contributed by atoms with van der Waals surface area (Å²) < 4.78 is 35.6. The Hall–Kier alpha value is -2.02. The minimum Gasteiger partial charge on any atom is -0.382 e. The zero-order valence-corrected chi connectivity index (χ0v) is 21.1. The highest BCUT2D eigenvalue weighted by Gasteiger charge is 2.27. The number of benzene rings is 1. The van der Waals surface area contributed by atoms with Gasteiger partial charge in [-0.3, -0.25) is 0 Å². The van der Waals surface area contributed by atoms with Crippen molar-refractivity contribution in [2.24, 2.45) is 12.0 Å². The second-order valence-corrected chi connectivity index (χ2v) is 7.51. The molecule has 0 radical (unpaired) electrons. The summed E-state index contributed by atoms with van der Waals surface area (Å²) >= 11 is 0. The van der Waals surface area contributed by atoms with Crippen molar-refractivity contribution in [1.82, 2.24) is 25.4 Å². The van der Waals surface area contributed by atoms with Gasteiger partial charge < -0.3 is 24.8 Å². The highest BCUT2D eigenvalue weighted by Crippen LogP contribution is 2.26. The van der Waals surface area contributed by atoms with Gasteiger partial charge in [-0.1, -0.05) is 6.07 Å². The quantitative estimate of drug-likeness (QED) is 0.212. The molecule has 1 atom stereocenters. The molecular formula is C21H32F2IN7O. The van der Waals surface area contributed by atoms with E-state index in [-0.39, 0.29) is 35.7 Å². The monoisotopic (exact) mass is 563 g/mol. The summed E-state index contributed by atoms with van der Waals surface area (Å²) in [4.78, 5) is 6.38. The summed E-state index contributed by atoms with van der Waals surface area (Å²) in [5.41, 5.74) is 0.0320. The van der Waals surface area contributed by atoms with Gasteiger partial charge in [0.15, 0.2) is 11.8 Å². The van der Waals surface area contributed by atoms with Crippen molar-refractivity contribution >= 4 is 35.6 Å². The minimum atomic E-state index is -0.541. The number of rotatable bonds is 9. The molecule has 2 N–H and O–H groups in total. The van der Waals surface area contributed by atoms with E-state index in [1.807, 2.05) is 25.5 Å². The van der Waals surface area contributed by atoms with E-state index in [0.29, 0.717) is 45.4 Å². The fraction of sp³-hybridized carbons (Fsp3) is 0.571. The van der Waals surface area contributed by atoms with E-state index >= 15 is 0 Å². The molecule has 3 rings (SSSR count). The summed E-state index contributed by atoms with van der Waals surface area (Å²) in [6.45, 7) is 7.34. The highest BCUT2D eigenvalue weighted by molar-refractivity contribution is 14.0. The van der Waals surface area contributed by atoms with Crippen LogP contribution in [-0.2, 0) is 18.3 Å². The van der Waals surface area contributed by atoms with Crippen LogP contribution in [0.25, 0.3) is 0 Å². The van der Waals surface area contributed by atoms with Crippen molar-refractivity contribution in [3.05, 3.63) is 41.5 Å². The zero-order chi connectivity index (χ0) is 22.2. The predicted octanol–water partition coefficient (Wildman–Crippen LogP) is 2.76. The maximum absolute atomic E-state index is 14.1. The Kier molecular flexibility index (Phi) is 10.6. The molecule has 1 aliphatic rings. The summed E-state index contributed by atoms with van der Waals surface area (Å²) in [7, 11) is 1.90. The average molecular weight is 563 g/mol. The molecule has 1 fully saturated rings. The van der Waals surface area contributed by atoms with E-state index in [4.69, 9.17) is 4.74 Å². The smallest absolute Gasteiger partial charge is 0.191 e. The Morgan fingerprint density at radius 3 is 2.69 bits per heavy atom. The van der Waals surface area contributed by atoms with Crippen LogP contribution in [0.2, 0.25) is 0 Å².